The topological polar surface area (TPSA) is 166 Å². The molecule has 1 aromatic heterocycles. The molecule has 0 spiro atoms. The van der Waals surface area contributed by atoms with E-state index < -0.39 is 52.2 Å². The molecule has 19 heteroatoms. The first-order valence-electron chi connectivity index (χ1n) is 23.7. The van der Waals surface area contributed by atoms with Crippen LogP contribution >= 0.6 is 23.6 Å². The van der Waals surface area contributed by atoms with Crippen molar-refractivity contribution in [3.63, 3.8) is 0 Å². The molecule has 2 aliphatic rings. The number of aryl methyl sites for hydroxylation is 1. The number of hydrogen-bond donors (Lipinski definition) is 2. The molecule has 4 aromatic rings. The van der Waals surface area contributed by atoms with E-state index in [0.717, 1.165) is 58.0 Å². The van der Waals surface area contributed by atoms with E-state index >= 15 is 0 Å². The van der Waals surface area contributed by atoms with Gasteiger partial charge < -0.3 is 34.6 Å². The van der Waals surface area contributed by atoms with Crippen LogP contribution in [-0.4, -0.2) is 95.8 Å². The number of anilines is 2. The minimum atomic E-state index is -4.79. The average molecular weight is 1020 g/mol. The van der Waals surface area contributed by atoms with E-state index in [1.54, 1.807) is 65.3 Å². The first-order valence-corrected chi connectivity index (χ1v) is 25.0. The number of ether oxygens (including phenoxy) is 3. The molecular formula is C52H62F3N7O7S2. The zero-order valence-corrected chi connectivity index (χ0v) is 42.8. The smallest absolute Gasteiger partial charge is 0.417 e. The van der Waals surface area contributed by atoms with E-state index in [1.807, 2.05) is 64.4 Å². The number of benzene rings is 3. The summed E-state index contributed by atoms with van der Waals surface area (Å²) >= 11 is 7.21. The van der Waals surface area contributed by atoms with Gasteiger partial charge in [-0.2, -0.15) is 18.4 Å². The van der Waals surface area contributed by atoms with E-state index in [1.165, 1.54) is 6.07 Å². The van der Waals surface area contributed by atoms with Gasteiger partial charge in [0.05, 0.1) is 51.6 Å². The summed E-state index contributed by atoms with van der Waals surface area (Å²) in [5.41, 5.74) is 1.76. The van der Waals surface area contributed by atoms with Gasteiger partial charge in [-0.05, 0) is 137 Å². The average Bonchev–Trinajstić information content (AvgIpc) is 4.04. The van der Waals surface area contributed by atoms with Crippen molar-refractivity contribution in [2.24, 2.45) is 5.41 Å². The third kappa shape index (κ3) is 13.3. The van der Waals surface area contributed by atoms with E-state index in [4.69, 9.17) is 26.4 Å². The van der Waals surface area contributed by atoms with E-state index in [-0.39, 0.29) is 35.3 Å². The van der Waals surface area contributed by atoms with Crippen LogP contribution in [0.1, 0.15) is 108 Å². The molecule has 0 bridgehead atoms. The van der Waals surface area contributed by atoms with E-state index in [2.05, 4.69) is 15.6 Å². The van der Waals surface area contributed by atoms with Crippen LogP contribution in [0.15, 0.2) is 72.2 Å². The molecule has 3 aromatic carbocycles. The molecule has 0 unspecified atom stereocenters. The second-order valence-corrected chi connectivity index (χ2v) is 20.5. The van der Waals surface area contributed by atoms with Crippen molar-refractivity contribution in [2.75, 3.05) is 49.4 Å². The van der Waals surface area contributed by atoms with Gasteiger partial charge in [0.25, 0.3) is 5.91 Å². The number of hydrogen-bond acceptors (Lipinski definition) is 11. The second kappa shape index (κ2) is 23.5. The zero-order chi connectivity index (χ0) is 51.7. The minimum Gasteiger partial charge on any atom is -0.494 e. The van der Waals surface area contributed by atoms with Crippen molar-refractivity contribution < 1.29 is 46.6 Å². The van der Waals surface area contributed by atoms with Gasteiger partial charge in [0.1, 0.15) is 30.0 Å². The molecule has 0 saturated carbocycles. The van der Waals surface area contributed by atoms with Crippen molar-refractivity contribution in [3.8, 4) is 22.3 Å². The Morgan fingerprint density at radius 1 is 0.930 bits per heavy atom. The molecule has 2 aliphatic heterocycles. The molecule has 4 amide bonds. The summed E-state index contributed by atoms with van der Waals surface area (Å²) in [6.07, 6.45) is -0.567. The Balaban J connectivity index is 0.849. The number of aromatic nitrogens is 1. The van der Waals surface area contributed by atoms with E-state index in [9.17, 15) is 37.6 Å². The van der Waals surface area contributed by atoms with Gasteiger partial charge in [0.2, 0.25) is 17.7 Å². The number of amides is 4. The maximum Gasteiger partial charge on any atom is 0.417 e. The Morgan fingerprint density at radius 2 is 1.59 bits per heavy atom. The summed E-state index contributed by atoms with van der Waals surface area (Å²) in [7, 11) is 0. The maximum absolute atomic E-state index is 14.0. The molecule has 380 valence electrons. The van der Waals surface area contributed by atoms with Crippen molar-refractivity contribution in [1.29, 1.82) is 5.26 Å². The fourth-order valence-electron chi connectivity index (χ4n) is 8.57. The van der Waals surface area contributed by atoms with Crippen molar-refractivity contribution in [2.45, 2.75) is 117 Å². The molecule has 0 radical (unpaired) electrons. The number of alkyl halides is 3. The molecular weight excluding hydrogens is 956 g/mol. The molecule has 2 saturated heterocycles. The highest BCUT2D eigenvalue weighted by molar-refractivity contribution is 7.81. The predicted octanol–water partition coefficient (Wildman–Crippen LogP) is 9.30. The van der Waals surface area contributed by atoms with Crippen LogP contribution in [-0.2, 0) is 34.8 Å². The van der Waals surface area contributed by atoms with Crippen LogP contribution < -0.4 is 25.2 Å². The SMILES string of the molecule is Cc1ncsc1-c1ccc([C@H](C)NC(=O)[C@@H]2CCCN2C(=O)[C@@H](NC(=O)COCCCOCCCCCOc2ccc(N3C(=S)N(c4ccc(C#N)c(C(F)(F)F)c4)C(=O)C3(C)C)cc2)C(C)(C)C)cc1. The maximum atomic E-state index is 14.0. The lowest BCUT2D eigenvalue weighted by molar-refractivity contribution is -0.144. The molecule has 14 nitrogen and oxygen atoms in total. The quantitative estimate of drug-likeness (QED) is 0.0604. The van der Waals surface area contributed by atoms with Crippen LogP contribution in [0.5, 0.6) is 5.75 Å². The van der Waals surface area contributed by atoms with Crippen molar-refractivity contribution >= 4 is 63.7 Å². The van der Waals surface area contributed by atoms with Gasteiger partial charge in [0, 0.05) is 32.1 Å². The Kier molecular flexibility index (Phi) is 18.0. The number of carbonyl (C=O) groups is 4. The van der Waals surface area contributed by atoms with Crippen LogP contribution in [0.25, 0.3) is 10.4 Å². The van der Waals surface area contributed by atoms with Crippen LogP contribution in [0.2, 0.25) is 0 Å². The first kappa shape index (κ1) is 54.4. The Morgan fingerprint density at radius 3 is 2.24 bits per heavy atom. The van der Waals surface area contributed by atoms with Gasteiger partial charge in [-0.25, -0.2) is 4.98 Å². The number of nitriles is 1. The van der Waals surface area contributed by atoms with Crippen LogP contribution in [0.4, 0.5) is 24.5 Å². The Hall–Kier alpha value is -5.94. The molecule has 71 heavy (non-hydrogen) atoms. The third-order valence-electron chi connectivity index (χ3n) is 12.5. The number of likely N-dealkylation sites (tertiary alicyclic amines) is 1. The minimum absolute atomic E-state index is 0.00657. The van der Waals surface area contributed by atoms with Crippen LogP contribution in [0.3, 0.4) is 0 Å². The Labute approximate surface area is 422 Å². The number of rotatable bonds is 21. The van der Waals surface area contributed by atoms with Gasteiger partial charge in [0.15, 0.2) is 5.11 Å². The standard InChI is InChI=1S/C52H62F3N7O7S2/c1-33(35-14-16-36(17-15-35)44-34(2)57-32-71-44)58-46(64)42-13-11-24-60(42)47(65)45(50(3,4)5)59-43(63)31-68-27-12-26-67-25-9-8-10-28-69-40-22-20-38(21-23-40)62-49(70)61(48(66)51(62,6)7)39-19-18-37(30-56)41(29-39)52(53,54)55/h14-23,29,32-33,42,45H,8-13,24-28,31H2,1-7H3,(H,58,64)(H,59,63)/t33-,42-,45+/m0/s1. The van der Waals surface area contributed by atoms with Gasteiger partial charge in [-0.3, -0.25) is 24.1 Å². The largest absolute Gasteiger partial charge is 0.494 e. The molecule has 6 rings (SSSR count). The number of thiazole rings is 1. The molecule has 2 fully saturated rings. The number of halogens is 3. The summed E-state index contributed by atoms with van der Waals surface area (Å²) in [6.45, 7) is 14.8. The lowest BCUT2D eigenvalue weighted by Gasteiger charge is -2.35. The predicted molar refractivity (Wildman–Crippen MR) is 270 cm³/mol. The van der Waals surface area contributed by atoms with Gasteiger partial charge in [-0.1, -0.05) is 45.0 Å². The Bertz CT molecular complexity index is 2580. The monoisotopic (exact) mass is 1020 g/mol. The number of nitrogens with one attached hydrogen (secondary N) is 2. The molecule has 0 aliphatic carbocycles. The highest BCUT2D eigenvalue weighted by atomic mass is 32.1. The van der Waals surface area contributed by atoms with Gasteiger partial charge >= 0.3 is 6.18 Å². The highest BCUT2D eigenvalue weighted by Crippen LogP contribution is 2.40. The highest BCUT2D eigenvalue weighted by Gasteiger charge is 2.51. The molecule has 2 N–H and O–H groups in total. The summed E-state index contributed by atoms with van der Waals surface area (Å²) in [4.78, 5) is 63.8. The fourth-order valence-corrected chi connectivity index (χ4v) is 9.90. The zero-order valence-electron chi connectivity index (χ0n) is 41.2. The number of unbranched alkanes of at least 4 members (excludes halogenated alkanes) is 2. The molecule has 3 atom stereocenters. The summed E-state index contributed by atoms with van der Waals surface area (Å²) in [6, 6.07) is 17.8. The number of thiocarbonyl (C=S) groups is 1. The number of carbonyl (C=O) groups excluding carboxylic acids is 4. The van der Waals surface area contributed by atoms with Crippen LogP contribution in [0, 0.1) is 23.7 Å². The van der Waals surface area contributed by atoms with Crippen molar-refractivity contribution in [3.05, 3.63) is 94.6 Å². The lowest BCUT2D eigenvalue weighted by atomic mass is 9.85. The van der Waals surface area contributed by atoms with Gasteiger partial charge in [-0.15, -0.1) is 11.3 Å². The fraction of sp³-hybridized carbons (Fsp3) is 0.481. The third-order valence-corrected chi connectivity index (χ3v) is 13.8. The normalized spacial score (nSPS) is 16.7. The summed E-state index contributed by atoms with van der Waals surface area (Å²) < 4.78 is 58.4. The summed E-state index contributed by atoms with van der Waals surface area (Å²) in [5, 5.41) is 15.2. The first-order chi connectivity index (χ1) is 33.6. The second-order valence-electron chi connectivity index (χ2n) is 19.3. The lowest BCUT2D eigenvalue weighted by Crippen LogP contribution is -2.58. The van der Waals surface area contributed by atoms with Crippen molar-refractivity contribution in [1.82, 2.24) is 20.5 Å². The number of nitrogens with zero attached hydrogens (tertiary/aromatic N) is 5. The summed E-state index contributed by atoms with van der Waals surface area (Å²) in [5.74, 6) is -0.851. The van der Waals surface area contributed by atoms with E-state index in [0.29, 0.717) is 63.7 Å². The molecule has 3 heterocycles.